The highest BCUT2D eigenvalue weighted by Crippen LogP contribution is 2.17. The summed E-state index contributed by atoms with van der Waals surface area (Å²) in [5, 5.41) is 9.89. The fourth-order valence-corrected chi connectivity index (χ4v) is 2.06. The molecule has 2 aromatic rings. The normalized spacial score (nSPS) is 11.5. The van der Waals surface area contributed by atoms with Crippen LogP contribution in [-0.4, -0.2) is 30.4 Å². The minimum Gasteiger partial charge on any atom is -0.380 e. The number of hydrogen-bond acceptors (Lipinski definition) is 4. The molecule has 0 saturated heterocycles. The van der Waals surface area contributed by atoms with Crippen molar-refractivity contribution in [3.8, 4) is 0 Å². The van der Waals surface area contributed by atoms with Crippen molar-refractivity contribution in [1.29, 1.82) is 0 Å². The molecule has 0 heterocycles. The van der Waals surface area contributed by atoms with Crippen LogP contribution in [0.25, 0.3) is 0 Å². The molecule has 4 nitrogen and oxygen atoms in total. The van der Waals surface area contributed by atoms with E-state index in [4.69, 9.17) is 9.47 Å². The Morgan fingerprint density at radius 3 is 1.83 bits per heavy atom. The lowest BCUT2D eigenvalue weighted by molar-refractivity contribution is -0.123. The molecule has 0 saturated carbocycles. The van der Waals surface area contributed by atoms with Crippen molar-refractivity contribution in [2.24, 2.45) is 0 Å². The molecule has 4 heteroatoms. The molecular weight excluding hydrogens is 304 g/mol. The number of rotatable bonds is 7. The second-order valence-electron chi connectivity index (χ2n) is 5.02. The summed E-state index contributed by atoms with van der Waals surface area (Å²) in [6.07, 6.45) is -1.12. The number of aliphatic hydroxyl groups is 1. The van der Waals surface area contributed by atoms with Crippen molar-refractivity contribution in [3.63, 3.8) is 0 Å². The predicted molar refractivity (Wildman–Crippen MR) is 94.9 cm³/mol. The van der Waals surface area contributed by atoms with Crippen LogP contribution < -0.4 is 0 Å². The topological polar surface area (TPSA) is 55.8 Å². The van der Waals surface area contributed by atoms with Gasteiger partial charge in [-0.1, -0.05) is 60.7 Å². The Hall–Kier alpha value is -2.01. The SMILES string of the molecule is CCOC(C)OCC.O=C(c1ccccc1)C(O)c1ccccc1. The van der Waals surface area contributed by atoms with Crippen molar-refractivity contribution in [1.82, 2.24) is 0 Å². The Bertz CT molecular complexity index is 563. The third kappa shape index (κ3) is 7.04. The Morgan fingerprint density at radius 1 is 0.917 bits per heavy atom. The van der Waals surface area contributed by atoms with Gasteiger partial charge >= 0.3 is 0 Å². The van der Waals surface area contributed by atoms with E-state index in [-0.39, 0.29) is 12.1 Å². The maximum Gasteiger partial charge on any atom is 0.195 e. The van der Waals surface area contributed by atoms with Gasteiger partial charge in [-0.3, -0.25) is 4.79 Å². The van der Waals surface area contributed by atoms with E-state index in [1.54, 1.807) is 48.5 Å². The summed E-state index contributed by atoms with van der Waals surface area (Å²) in [6, 6.07) is 17.7. The minimum atomic E-state index is -1.08. The molecule has 24 heavy (non-hydrogen) atoms. The standard InChI is InChI=1S/C14H12O2.C6H14O2/c15-13(11-7-3-1-4-8-11)14(16)12-9-5-2-6-10-12;1-4-7-6(3)8-5-2/h1-10,13,15H;6H,4-5H2,1-3H3. The van der Waals surface area contributed by atoms with Crippen LogP contribution in [0.5, 0.6) is 0 Å². The van der Waals surface area contributed by atoms with Gasteiger partial charge in [-0.05, 0) is 26.3 Å². The molecule has 0 aliphatic carbocycles. The molecule has 1 unspecified atom stereocenters. The molecule has 0 aliphatic heterocycles. The van der Waals surface area contributed by atoms with Crippen LogP contribution in [0.3, 0.4) is 0 Å². The zero-order chi connectivity index (χ0) is 17.8. The molecule has 0 amide bonds. The van der Waals surface area contributed by atoms with E-state index in [1.807, 2.05) is 32.9 Å². The summed E-state index contributed by atoms with van der Waals surface area (Å²) in [6.45, 7) is 7.25. The summed E-state index contributed by atoms with van der Waals surface area (Å²) in [7, 11) is 0. The van der Waals surface area contributed by atoms with Gasteiger partial charge in [0, 0.05) is 18.8 Å². The Morgan fingerprint density at radius 2 is 1.38 bits per heavy atom. The van der Waals surface area contributed by atoms with Crippen molar-refractivity contribution < 1.29 is 19.4 Å². The quantitative estimate of drug-likeness (QED) is 0.615. The summed E-state index contributed by atoms with van der Waals surface area (Å²) >= 11 is 0. The van der Waals surface area contributed by atoms with Gasteiger partial charge in [0.1, 0.15) is 6.10 Å². The van der Waals surface area contributed by atoms with E-state index < -0.39 is 6.10 Å². The first-order valence-corrected chi connectivity index (χ1v) is 8.15. The van der Waals surface area contributed by atoms with Gasteiger partial charge in [-0.25, -0.2) is 0 Å². The number of ether oxygens (including phenoxy) is 2. The lowest BCUT2D eigenvalue weighted by Gasteiger charge is -2.09. The summed E-state index contributed by atoms with van der Waals surface area (Å²) in [5.41, 5.74) is 1.15. The smallest absolute Gasteiger partial charge is 0.195 e. The van der Waals surface area contributed by atoms with E-state index in [0.717, 1.165) is 13.2 Å². The molecule has 130 valence electrons. The Balaban J connectivity index is 0.000000307. The number of Topliss-reactive ketones (excluding diaryl/α,β-unsaturated/α-hetero) is 1. The van der Waals surface area contributed by atoms with E-state index >= 15 is 0 Å². The van der Waals surface area contributed by atoms with Crippen LogP contribution in [-0.2, 0) is 9.47 Å². The molecule has 1 N–H and O–H groups in total. The fraction of sp³-hybridized carbons (Fsp3) is 0.350. The molecule has 0 spiro atoms. The Kier molecular flexibility index (Phi) is 9.61. The van der Waals surface area contributed by atoms with Gasteiger partial charge in [-0.2, -0.15) is 0 Å². The highest BCUT2D eigenvalue weighted by Gasteiger charge is 2.18. The number of carbonyl (C=O) groups is 1. The number of ketones is 1. The Labute approximate surface area is 144 Å². The zero-order valence-electron chi connectivity index (χ0n) is 14.5. The van der Waals surface area contributed by atoms with E-state index in [9.17, 15) is 9.90 Å². The maximum atomic E-state index is 11.9. The van der Waals surface area contributed by atoms with Crippen LogP contribution in [0.1, 0.15) is 42.8 Å². The third-order valence-electron chi connectivity index (χ3n) is 3.22. The second-order valence-corrected chi connectivity index (χ2v) is 5.02. The molecule has 2 rings (SSSR count). The molecule has 2 aromatic carbocycles. The first-order valence-electron chi connectivity index (χ1n) is 8.15. The first kappa shape index (κ1) is 20.0. The molecule has 0 radical (unpaired) electrons. The maximum absolute atomic E-state index is 11.9. The summed E-state index contributed by atoms with van der Waals surface area (Å²) < 4.78 is 10.1. The van der Waals surface area contributed by atoms with Crippen molar-refractivity contribution in [2.45, 2.75) is 33.2 Å². The molecule has 0 fully saturated rings. The number of hydrogen-bond donors (Lipinski definition) is 1. The van der Waals surface area contributed by atoms with Crippen molar-refractivity contribution in [2.75, 3.05) is 13.2 Å². The first-order chi connectivity index (χ1) is 11.6. The van der Waals surface area contributed by atoms with Crippen LogP contribution >= 0.6 is 0 Å². The third-order valence-corrected chi connectivity index (χ3v) is 3.22. The lowest BCUT2D eigenvalue weighted by atomic mass is 10.0. The number of benzene rings is 2. The van der Waals surface area contributed by atoms with Crippen LogP contribution in [0.4, 0.5) is 0 Å². The summed E-state index contributed by atoms with van der Waals surface area (Å²) in [5.74, 6) is -0.271. The largest absolute Gasteiger partial charge is 0.380 e. The van der Waals surface area contributed by atoms with Crippen LogP contribution in [0.15, 0.2) is 60.7 Å². The van der Waals surface area contributed by atoms with E-state index in [0.29, 0.717) is 11.1 Å². The highest BCUT2D eigenvalue weighted by atomic mass is 16.7. The molecular formula is C20H26O4. The van der Waals surface area contributed by atoms with E-state index in [2.05, 4.69) is 0 Å². The predicted octanol–water partition coefficient (Wildman–Crippen LogP) is 4.01. The summed E-state index contributed by atoms with van der Waals surface area (Å²) in [4.78, 5) is 11.9. The molecule has 1 atom stereocenters. The average Bonchev–Trinajstić information content (AvgIpc) is 2.63. The van der Waals surface area contributed by atoms with E-state index in [1.165, 1.54) is 0 Å². The van der Waals surface area contributed by atoms with Crippen LogP contribution in [0, 0.1) is 0 Å². The number of aliphatic hydroxyl groups excluding tert-OH is 1. The van der Waals surface area contributed by atoms with Gasteiger partial charge in [0.05, 0.1) is 0 Å². The zero-order valence-corrected chi connectivity index (χ0v) is 14.5. The molecule has 0 bridgehead atoms. The minimum absolute atomic E-state index is 0.0370. The van der Waals surface area contributed by atoms with Gasteiger partial charge in [0.2, 0.25) is 0 Å². The van der Waals surface area contributed by atoms with Gasteiger partial charge in [0.15, 0.2) is 12.1 Å². The van der Waals surface area contributed by atoms with Crippen LogP contribution in [0.2, 0.25) is 0 Å². The van der Waals surface area contributed by atoms with Gasteiger partial charge in [0.25, 0.3) is 0 Å². The second kappa shape index (κ2) is 11.5. The molecule has 0 aliphatic rings. The highest BCUT2D eigenvalue weighted by molar-refractivity contribution is 5.99. The monoisotopic (exact) mass is 330 g/mol. The molecule has 0 aromatic heterocycles. The van der Waals surface area contributed by atoms with Gasteiger partial charge in [-0.15, -0.1) is 0 Å². The van der Waals surface area contributed by atoms with Gasteiger partial charge < -0.3 is 14.6 Å². The average molecular weight is 330 g/mol. The fourth-order valence-electron chi connectivity index (χ4n) is 2.06. The lowest BCUT2D eigenvalue weighted by Crippen LogP contribution is -2.11. The van der Waals surface area contributed by atoms with Crippen molar-refractivity contribution in [3.05, 3.63) is 71.8 Å². The van der Waals surface area contributed by atoms with Crippen molar-refractivity contribution >= 4 is 5.78 Å². The number of carbonyl (C=O) groups excluding carboxylic acids is 1.